The largest absolute Gasteiger partial charge is 0.491 e. The van der Waals surface area contributed by atoms with Crippen molar-refractivity contribution in [1.82, 2.24) is 4.72 Å². The first-order chi connectivity index (χ1) is 9.80. The fourth-order valence-electron chi connectivity index (χ4n) is 1.35. The van der Waals surface area contributed by atoms with Crippen LogP contribution in [0.3, 0.4) is 0 Å². The molecule has 0 aliphatic heterocycles. The van der Waals surface area contributed by atoms with Gasteiger partial charge in [-0.1, -0.05) is 0 Å². The molecule has 0 aromatic heterocycles. The Balaban J connectivity index is 2.67. The van der Waals surface area contributed by atoms with Crippen LogP contribution < -0.4 is 9.46 Å². The molecule has 0 bridgehead atoms. The molecule has 0 spiro atoms. The lowest BCUT2D eigenvalue weighted by Crippen LogP contribution is -2.43. The van der Waals surface area contributed by atoms with Gasteiger partial charge in [0.1, 0.15) is 12.4 Å². The molecule has 1 rings (SSSR count). The van der Waals surface area contributed by atoms with Crippen molar-refractivity contribution in [2.75, 3.05) is 33.5 Å². The van der Waals surface area contributed by atoms with E-state index in [0.29, 0.717) is 19.0 Å². The van der Waals surface area contributed by atoms with Crippen molar-refractivity contribution in [3.05, 3.63) is 24.3 Å². The second-order valence-electron chi connectivity index (χ2n) is 4.79. The molecule has 0 radical (unpaired) electrons. The summed E-state index contributed by atoms with van der Waals surface area (Å²) in [6, 6.07) is 5.87. The van der Waals surface area contributed by atoms with Crippen molar-refractivity contribution < 1.29 is 28.1 Å². The number of hydrogen-bond acceptors (Lipinski definition) is 6. The van der Waals surface area contributed by atoms with Crippen LogP contribution in [0.2, 0.25) is 0 Å². The Kier molecular flexibility index (Phi) is 6.56. The fraction of sp³-hybridized carbons (Fsp3) is 0.538. The van der Waals surface area contributed by atoms with Crippen LogP contribution in [0.5, 0.6) is 5.75 Å². The van der Waals surface area contributed by atoms with Gasteiger partial charge in [-0.2, -0.15) is 0 Å². The van der Waals surface area contributed by atoms with Crippen LogP contribution in [0.1, 0.15) is 6.92 Å². The van der Waals surface area contributed by atoms with Crippen molar-refractivity contribution >= 4 is 10.0 Å². The van der Waals surface area contributed by atoms with E-state index in [9.17, 15) is 13.5 Å². The smallest absolute Gasteiger partial charge is 0.240 e. The third kappa shape index (κ3) is 5.98. The quantitative estimate of drug-likeness (QED) is 0.541. The topological polar surface area (TPSA) is 105 Å². The van der Waals surface area contributed by atoms with E-state index in [1.54, 1.807) is 7.11 Å². The molecule has 3 N–H and O–H groups in total. The maximum atomic E-state index is 12.0. The molecular formula is C13H21NO6S. The van der Waals surface area contributed by atoms with E-state index in [1.807, 2.05) is 0 Å². The average Bonchev–Trinajstić information content (AvgIpc) is 2.46. The summed E-state index contributed by atoms with van der Waals surface area (Å²) < 4.78 is 36.4. The Hall–Kier alpha value is -1.19. The zero-order valence-electron chi connectivity index (χ0n) is 12.1. The predicted molar refractivity (Wildman–Crippen MR) is 76.7 cm³/mol. The molecule has 1 unspecified atom stereocenters. The van der Waals surface area contributed by atoms with Gasteiger partial charge >= 0.3 is 0 Å². The molecule has 0 saturated carbocycles. The van der Waals surface area contributed by atoms with Crippen LogP contribution in [0.4, 0.5) is 0 Å². The molecule has 0 aliphatic carbocycles. The zero-order valence-corrected chi connectivity index (χ0v) is 12.9. The summed E-state index contributed by atoms with van der Waals surface area (Å²) in [5.41, 5.74) is -1.50. The van der Waals surface area contributed by atoms with Crippen molar-refractivity contribution in [3.63, 3.8) is 0 Å². The highest BCUT2D eigenvalue weighted by atomic mass is 32.2. The predicted octanol–water partition coefficient (Wildman–Crippen LogP) is -0.267. The summed E-state index contributed by atoms with van der Waals surface area (Å²) in [5.74, 6) is 0.536. The normalized spacial score (nSPS) is 14.7. The number of ether oxygens (including phenoxy) is 2. The van der Waals surface area contributed by atoms with Crippen molar-refractivity contribution in [2.24, 2.45) is 0 Å². The van der Waals surface area contributed by atoms with E-state index in [2.05, 4.69) is 4.72 Å². The standard InChI is InChI=1S/C13H21NO6S/c1-13(16,10-15)9-14-21(17,18)12-5-3-11(4-6-12)20-8-7-19-2/h3-6,14-16H,7-10H2,1-2H3. The summed E-state index contributed by atoms with van der Waals surface area (Å²) in [6.45, 7) is 1.33. The first-order valence-electron chi connectivity index (χ1n) is 6.35. The number of hydrogen-bond donors (Lipinski definition) is 3. The van der Waals surface area contributed by atoms with Gasteiger partial charge in [0.25, 0.3) is 0 Å². The Bertz CT molecular complexity index is 526. The number of methoxy groups -OCH3 is 1. The first kappa shape index (κ1) is 17.9. The number of aliphatic hydroxyl groups is 2. The van der Waals surface area contributed by atoms with Crippen LogP contribution in [0.25, 0.3) is 0 Å². The first-order valence-corrected chi connectivity index (χ1v) is 7.84. The Morgan fingerprint density at radius 1 is 1.24 bits per heavy atom. The molecule has 1 aromatic carbocycles. The van der Waals surface area contributed by atoms with Crippen LogP contribution in [-0.2, 0) is 14.8 Å². The lowest BCUT2D eigenvalue weighted by molar-refractivity contribution is 0.00681. The van der Waals surface area contributed by atoms with Crippen molar-refractivity contribution in [2.45, 2.75) is 17.4 Å². The van der Waals surface area contributed by atoms with Crippen LogP contribution in [-0.4, -0.2) is 57.7 Å². The maximum absolute atomic E-state index is 12.0. The third-order valence-corrected chi connectivity index (χ3v) is 4.09. The molecule has 0 aliphatic rings. The molecule has 120 valence electrons. The van der Waals surface area contributed by atoms with Crippen LogP contribution >= 0.6 is 0 Å². The molecule has 7 nitrogen and oxygen atoms in total. The van der Waals surface area contributed by atoms with E-state index in [4.69, 9.17) is 14.6 Å². The minimum absolute atomic E-state index is 0.0512. The van der Waals surface area contributed by atoms with E-state index in [0.717, 1.165) is 0 Å². The molecule has 1 atom stereocenters. The van der Waals surface area contributed by atoms with Gasteiger partial charge in [0.15, 0.2) is 0 Å². The van der Waals surface area contributed by atoms with E-state index in [-0.39, 0.29) is 11.4 Å². The molecule has 0 saturated heterocycles. The van der Waals surface area contributed by atoms with Crippen molar-refractivity contribution in [3.8, 4) is 5.75 Å². The Labute approximate surface area is 124 Å². The number of nitrogens with one attached hydrogen (secondary N) is 1. The average molecular weight is 319 g/mol. The zero-order chi connectivity index (χ0) is 15.9. The van der Waals surface area contributed by atoms with Gasteiger partial charge in [-0.15, -0.1) is 0 Å². The molecule has 0 fully saturated rings. The van der Waals surface area contributed by atoms with E-state index < -0.39 is 22.2 Å². The van der Waals surface area contributed by atoms with Gasteiger partial charge < -0.3 is 19.7 Å². The van der Waals surface area contributed by atoms with Gasteiger partial charge in [0.05, 0.1) is 23.7 Å². The molecule has 1 aromatic rings. The Morgan fingerprint density at radius 2 is 1.86 bits per heavy atom. The highest BCUT2D eigenvalue weighted by molar-refractivity contribution is 7.89. The van der Waals surface area contributed by atoms with Gasteiger partial charge in [0, 0.05) is 13.7 Å². The second kappa shape index (κ2) is 7.71. The minimum atomic E-state index is -3.75. The number of benzene rings is 1. The number of rotatable bonds is 9. The number of aliphatic hydroxyl groups excluding tert-OH is 1. The molecular weight excluding hydrogens is 298 g/mol. The fourth-order valence-corrected chi connectivity index (χ4v) is 2.51. The number of sulfonamides is 1. The summed E-state index contributed by atoms with van der Waals surface area (Å²) in [7, 11) is -2.19. The van der Waals surface area contributed by atoms with Gasteiger partial charge in [-0.3, -0.25) is 0 Å². The highest BCUT2D eigenvalue weighted by Crippen LogP contribution is 2.16. The van der Waals surface area contributed by atoms with Gasteiger partial charge in [-0.05, 0) is 31.2 Å². The lowest BCUT2D eigenvalue weighted by atomic mass is 10.1. The van der Waals surface area contributed by atoms with Crippen molar-refractivity contribution in [1.29, 1.82) is 0 Å². The van der Waals surface area contributed by atoms with E-state index in [1.165, 1.54) is 31.2 Å². The Morgan fingerprint density at radius 3 is 2.38 bits per heavy atom. The molecule has 0 amide bonds. The summed E-state index contributed by atoms with van der Waals surface area (Å²) in [6.07, 6.45) is 0. The summed E-state index contributed by atoms with van der Waals surface area (Å²) in [5, 5.41) is 18.5. The minimum Gasteiger partial charge on any atom is -0.491 e. The van der Waals surface area contributed by atoms with Gasteiger partial charge in [0.2, 0.25) is 10.0 Å². The third-order valence-electron chi connectivity index (χ3n) is 2.67. The van der Waals surface area contributed by atoms with Crippen LogP contribution in [0.15, 0.2) is 29.2 Å². The molecule has 0 heterocycles. The SMILES string of the molecule is COCCOc1ccc(S(=O)(=O)NCC(C)(O)CO)cc1. The van der Waals surface area contributed by atoms with Crippen LogP contribution in [0, 0.1) is 0 Å². The highest BCUT2D eigenvalue weighted by Gasteiger charge is 2.23. The van der Waals surface area contributed by atoms with E-state index >= 15 is 0 Å². The maximum Gasteiger partial charge on any atom is 0.240 e. The second-order valence-corrected chi connectivity index (χ2v) is 6.56. The van der Waals surface area contributed by atoms with Gasteiger partial charge in [-0.25, -0.2) is 13.1 Å². The molecule has 8 heteroatoms. The summed E-state index contributed by atoms with van der Waals surface area (Å²) >= 11 is 0. The monoisotopic (exact) mass is 319 g/mol. The molecule has 21 heavy (non-hydrogen) atoms. The lowest BCUT2D eigenvalue weighted by Gasteiger charge is -2.20. The summed E-state index contributed by atoms with van der Waals surface area (Å²) in [4.78, 5) is 0.0512.